The van der Waals surface area contributed by atoms with E-state index in [1.165, 1.54) is 0 Å². The smallest absolute Gasteiger partial charge is 0.307 e. The molecule has 2 aromatic carbocycles. The number of carboxylic acid groups (broad SMARTS) is 1. The molecule has 0 bridgehead atoms. The van der Waals surface area contributed by atoms with Crippen LogP contribution in [-0.4, -0.2) is 43.0 Å². The van der Waals surface area contributed by atoms with E-state index in [2.05, 4.69) is 10.8 Å². The summed E-state index contributed by atoms with van der Waals surface area (Å²) in [7, 11) is -3.73. The quantitative estimate of drug-likeness (QED) is 0.633. The molecule has 0 atom stereocenters. The zero-order valence-electron chi connectivity index (χ0n) is 20.5. The Labute approximate surface area is 207 Å². The fourth-order valence-electron chi connectivity index (χ4n) is 6.14. The van der Waals surface area contributed by atoms with Crippen molar-refractivity contribution >= 4 is 21.9 Å². The first-order valence-corrected chi connectivity index (χ1v) is 14.1. The van der Waals surface area contributed by atoms with E-state index in [0.717, 1.165) is 78.5 Å². The summed E-state index contributed by atoms with van der Waals surface area (Å²) in [6.07, 6.45) is 7.35. The van der Waals surface area contributed by atoms with E-state index in [-0.39, 0.29) is 12.5 Å². The van der Waals surface area contributed by atoms with E-state index in [9.17, 15) is 18.3 Å². The van der Waals surface area contributed by atoms with Gasteiger partial charge in [-0.3, -0.25) is 9.52 Å². The summed E-state index contributed by atoms with van der Waals surface area (Å²) >= 11 is 0. The average Bonchev–Trinajstić information content (AvgIpc) is 2.98. The van der Waals surface area contributed by atoms with Crippen molar-refractivity contribution in [2.75, 3.05) is 17.9 Å². The van der Waals surface area contributed by atoms with Gasteiger partial charge in [-0.1, -0.05) is 25.3 Å². The number of benzene rings is 2. The lowest BCUT2D eigenvalue weighted by molar-refractivity contribution is -0.136. The maximum Gasteiger partial charge on any atom is 0.307 e. The summed E-state index contributed by atoms with van der Waals surface area (Å²) < 4.78 is 37.2. The lowest BCUT2D eigenvalue weighted by Gasteiger charge is -2.32. The van der Waals surface area contributed by atoms with E-state index in [4.69, 9.17) is 4.74 Å². The molecular weight excluding hydrogens is 464 g/mol. The molecular formula is C27H34N2O5S. The third kappa shape index (κ3) is 4.54. The van der Waals surface area contributed by atoms with Crippen molar-refractivity contribution in [2.45, 2.75) is 77.7 Å². The summed E-state index contributed by atoms with van der Waals surface area (Å²) in [5, 5.41) is 9.75. The number of ether oxygens (including phenoxy) is 1. The number of aryl methyl sites for hydroxylation is 1. The van der Waals surface area contributed by atoms with Crippen molar-refractivity contribution in [3.05, 3.63) is 46.0 Å². The molecule has 1 aliphatic carbocycles. The molecule has 2 N–H and O–H groups in total. The number of aliphatic carboxylic acids is 1. The maximum absolute atomic E-state index is 13.5. The fourth-order valence-corrected chi connectivity index (χ4v) is 7.72. The molecule has 0 saturated heterocycles. The normalized spacial score (nSPS) is 20.2. The Hall–Kier alpha value is -2.58. The Morgan fingerprint density at radius 1 is 1.11 bits per heavy atom. The summed E-state index contributed by atoms with van der Waals surface area (Å²) in [6.45, 7) is 4.99. The van der Waals surface area contributed by atoms with Crippen LogP contribution in [0.4, 0.5) is 5.69 Å². The SMILES string of the molecule is Cc1c(CC(=O)O)c(-c2ccc3c(c2)CCCO3)c(C)c2c1NS(=O)(=O)N(C1CCCCC1)CC2. The molecule has 2 aliphatic heterocycles. The molecule has 0 unspecified atom stereocenters. The molecule has 0 aromatic heterocycles. The van der Waals surface area contributed by atoms with Crippen molar-refractivity contribution in [3.8, 4) is 16.9 Å². The Morgan fingerprint density at radius 2 is 1.89 bits per heavy atom. The van der Waals surface area contributed by atoms with Gasteiger partial charge in [-0.2, -0.15) is 12.7 Å². The predicted octanol–water partition coefficient (Wildman–Crippen LogP) is 4.77. The van der Waals surface area contributed by atoms with Crippen LogP contribution in [0.15, 0.2) is 18.2 Å². The highest BCUT2D eigenvalue weighted by Gasteiger charge is 2.35. The van der Waals surface area contributed by atoms with Crippen LogP contribution in [0.25, 0.3) is 11.1 Å². The second-order valence-electron chi connectivity index (χ2n) is 10.1. The third-order valence-electron chi connectivity index (χ3n) is 7.89. The van der Waals surface area contributed by atoms with Gasteiger partial charge in [-0.05, 0) is 97.0 Å². The molecule has 0 amide bonds. The fraction of sp³-hybridized carbons (Fsp3) is 0.519. The summed E-state index contributed by atoms with van der Waals surface area (Å²) in [6, 6.07) is 6.11. The van der Waals surface area contributed by atoms with Crippen molar-refractivity contribution in [1.82, 2.24) is 4.31 Å². The molecule has 2 aromatic rings. The zero-order valence-corrected chi connectivity index (χ0v) is 21.3. The molecule has 0 radical (unpaired) electrons. The average molecular weight is 499 g/mol. The van der Waals surface area contributed by atoms with Gasteiger partial charge in [0.05, 0.1) is 18.7 Å². The van der Waals surface area contributed by atoms with Gasteiger partial charge in [-0.25, -0.2) is 0 Å². The van der Waals surface area contributed by atoms with Gasteiger partial charge in [0.25, 0.3) is 0 Å². The molecule has 7 nitrogen and oxygen atoms in total. The highest BCUT2D eigenvalue weighted by molar-refractivity contribution is 7.90. The van der Waals surface area contributed by atoms with Gasteiger partial charge in [0.1, 0.15) is 5.75 Å². The molecule has 5 rings (SSSR count). The summed E-state index contributed by atoms with van der Waals surface area (Å²) in [4.78, 5) is 11.9. The number of carbonyl (C=O) groups is 1. The lowest BCUT2D eigenvalue weighted by atomic mass is 9.84. The topological polar surface area (TPSA) is 95.9 Å². The van der Waals surface area contributed by atoms with E-state index < -0.39 is 16.2 Å². The number of fused-ring (bicyclic) bond motifs is 2. The van der Waals surface area contributed by atoms with Crippen LogP contribution in [0, 0.1) is 13.8 Å². The Kier molecular flexibility index (Phi) is 6.53. The molecule has 8 heteroatoms. The second kappa shape index (κ2) is 9.47. The zero-order chi connectivity index (χ0) is 24.7. The van der Waals surface area contributed by atoms with Crippen LogP contribution >= 0.6 is 0 Å². The lowest BCUT2D eigenvalue weighted by Crippen LogP contribution is -2.44. The number of carboxylic acids is 1. The van der Waals surface area contributed by atoms with Crippen LogP contribution in [0.3, 0.4) is 0 Å². The minimum Gasteiger partial charge on any atom is -0.493 e. The molecule has 3 aliphatic rings. The summed E-state index contributed by atoms with van der Waals surface area (Å²) in [5.41, 5.74) is 6.83. The molecule has 2 heterocycles. The van der Waals surface area contributed by atoms with Crippen molar-refractivity contribution in [2.24, 2.45) is 0 Å². The van der Waals surface area contributed by atoms with Crippen molar-refractivity contribution in [1.29, 1.82) is 0 Å². The van der Waals surface area contributed by atoms with Crippen LogP contribution in [0.5, 0.6) is 5.75 Å². The number of nitrogens with one attached hydrogen (secondary N) is 1. The van der Waals surface area contributed by atoms with Gasteiger partial charge >= 0.3 is 16.2 Å². The Bertz CT molecular complexity index is 1270. The molecule has 0 spiro atoms. The predicted molar refractivity (Wildman–Crippen MR) is 136 cm³/mol. The van der Waals surface area contributed by atoms with E-state index in [1.54, 1.807) is 4.31 Å². The highest BCUT2D eigenvalue weighted by atomic mass is 32.2. The Morgan fingerprint density at radius 3 is 2.63 bits per heavy atom. The van der Waals surface area contributed by atoms with Gasteiger partial charge in [0.2, 0.25) is 0 Å². The first-order valence-electron chi connectivity index (χ1n) is 12.7. The van der Waals surface area contributed by atoms with Crippen LogP contribution < -0.4 is 9.46 Å². The molecule has 188 valence electrons. The van der Waals surface area contributed by atoms with E-state index in [1.807, 2.05) is 26.0 Å². The van der Waals surface area contributed by atoms with Gasteiger partial charge in [0.15, 0.2) is 0 Å². The molecule has 1 saturated carbocycles. The molecule has 1 fully saturated rings. The first kappa shape index (κ1) is 24.1. The van der Waals surface area contributed by atoms with E-state index >= 15 is 0 Å². The number of rotatable bonds is 4. The minimum absolute atomic E-state index is 0.0229. The number of hydrogen-bond donors (Lipinski definition) is 2. The second-order valence-corrected chi connectivity index (χ2v) is 11.7. The van der Waals surface area contributed by atoms with Gasteiger partial charge in [-0.15, -0.1) is 0 Å². The van der Waals surface area contributed by atoms with Gasteiger partial charge < -0.3 is 9.84 Å². The van der Waals surface area contributed by atoms with Gasteiger partial charge in [0, 0.05) is 12.6 Å². The number of hydrogen-bond acceptors (Lipinski definition) is 4. The number of anilines is 1. The van der Waals surface area contributed by atoms with Crippen LogP contribution in [-0.2, 0) is 34.3 Å². The van der Waals surface area contributed by atoms with Crippen molar-refractivity contribution in [3.63, 3.8) is 0 Å². The maximum atomic E-state index is 13.5. The highest BCUT2D eigenvalue weighted by Crippen LogP contribution is 2.42. The number of nitrogens with zero attached hydrogens (tertiary/aromatic N) is 1. The standard InChI is InChI=1S/C27H34N2O5S/c1-17-22-12-13-29(21-8-4-3-5-9-21)35(32,33)28-27(22)18(2)23(16-25(30)31)26(17)20-10-11-24-19(15-20)7-6-14-34-24/h10-11,15,21,28H,3-9,12-14,16H2,1-2H3,(H,30,31). The minimum atomic E-state index is -3.73. The van der Waals surface area contributed by atoms with Crippen LogP contribution in [0.2, 0.25) is 0 Å². The summed E-state index contributed by atoms with van der Waals surface area (Å²) in [5.74, 6) is -0.0462. The third-order valence-corrected chi connectivity index (χ3v) is 9.45. The first-order chi connectivity index (χ1) is 16.8. The van der Waals surface area contributed by atoms with Crippen LogP contribution in [0.1, 0.15) is 66.3 Å². The van der Waals surface area contributed by atoms with E-state index in [0.29, 0.717) is 36.4 Å². The largest absolute Gasteiger partial charge is 0.493 e. The Balaban J connectivity index is 1.64. The molecule has 35 heavy (non-hydrogen) atoms. The van der Waals surface area contributed by atoms with Crippen molar-refractivity contribution < 1.29 is 23.1 Å². The monoisotopic (exact) mass is 498 g/mol.